The lowest BCUT2D eigenvalue weighted by Crippen LogP contribution is -1.94. The first-order valence-electron chi connectivity index (χ1n) is 14.7. The fourth-order valence-corrected chi connectivity index (χ4v) is 7.33. The molecule has 3 aromatic heterocycles. The van der Waals surface area contributed by atoms with E-state index in [1.807, 2.05) is 24.3 Å². The van der Waals surface area contributed by atoms with E-state index >= 15 is 0 Å². The molecular formula is C40H24N2OS. The van der Waals surface area contributed by atoms with Gasteiger partial charge in [-0.3, -0.25) is 0 Å². The molecular weight excluding hydrogens is 557 g/mol. The first kappa shape index (κ1) is 25.0. The Kier molecular flexibility index (Phi) is 5.68. The van der Waals surface area contributed by atoms with E-state index in [-0.39, 0.29) is 0 Å². The second-order valence-electron chi connectivity index (χ2n) is 11.0. The van der Waals surface area contributed by atoms with Crippen LogP contribution in [0.4, 0.5) is 0 Å². The van der Waals surface area contributed by atoms with E-state index in [0.717, 1.165) is 65.5 Å². The van der Waals surface area contributed by atoms with Gasteiger partial charge in [0.15, 0.2) is 5.82 Å². The Morgan fingerprint density at radius 3 is 1.93 bits per heavy atom. The van der Waals surface area contributed by atoms with Crippen LogP contribution >= 0.6 is 11.3 Å². The van der Waals surface area contributed by atoms with E-state index in [2.05, 4.69) is 121 Å². The Morgan fingerprint density at radius 1 is 0.477 bits per heavy atom. The Labute approximate surface area is 257 Å². The van der Waals surface area contributed by atoms with Gasteiger partial charge in [-0.1, -0.05) is 121 Å². The van der Waals surface area contributed by atoms with Crippen LogP contribution in [0.3, 0.4) is 0 Å². The van der Waals surface area contributed by atoms with E-state index in [1.165, 1.54) is 15.8 Å². The molecule has 44 heavy (non-hydrogen) atoms. The van der Waals surface area contributed by atoms with E-state index in [4.69, 9.17) is 14.4 Å². The van der Waals surface area contributed by atoms with Crippen LogP contribution in [0, 0.1) is 0 Å². The van der Waals surface area contributed by atoms with E-state index < -0.39 is 0 Å². The molecule has 0 aliphatic heterocycles. The average molecular weight is 581 g/mol. The van der Waals surface area contributed by atoms with Crippen molar-refractivity contribution in [1.29, 1.82) is 0 Å². The van der Waals surface area contributed by atoms with Crippen molar-refractivity contribution in [2.45, 2.75) is 0 Å². The minimum Gasteiger partial charge on any atom is -0.456 e. The smallest absolute Gasteiger partial charge is 0.161 e. The zero-order chi connectivity index (χ0) is 29.0. The number of nitrogens with zero attached hydrogens (tertiary/aromatic N) is 2. The summed E-state index contributed by atoms with van der Waals surface area (Å²) >= 11 is 1.75. The van der Waals surface area contributed by atoms with Crippen LogP contribution in [-0.2, 0) is 0 Å². The molecule has 6 aromatic carbocycles. The molecule has 0 aliphatic carbocycles. The number of fused-ring (bicyclic) bond motifs is 6. The number of rotatable bonds is 4. The summed E-state index contributed by atoms with van der Waals surface area (Å²) in [6.07, 6.45) is 0. The molecule has 0 saturated heterocycles. The Balaban J connectivity index is 1.26. The third-order valence-electron chi connectivity index (χ3n) is 8.33. The minimum absolute atomic E-state index is 0.698. The molecule has 0 unspecified atom stereocenters. The van der Waals surface area contributed by atoms with Gasteiger partial charge in [0.25, 0.3) is 0 Å². The normalized spacial score (nSPS) is 11.6. The number of furan rings is 1. The molecule has 9 rings (SSSR count). The van der Waals surface area contributed by atoms with Crippen LogP contribution in [0.5, 0.6) is 0 Å². The van der Waals surface area contributed by atoms with Crippen molar-refractivity contribution < 1.29 is 4.42 Å². The van der Waals surface area contributed by atoms with E-state index in [0.29, 0.717) is 5.82 Å². The maximum absolute atomic E-state index is 6.44. The van der Waals surface area contributed by atoms with Crippen molar-refractivity contribution in [3.8, 4) is 44.9 Å². The van der Waals surface area contributed by atoms with Gasteiger partial charge in [0.05, 0.1) is 15.9 Å². The third kappa shape index (κ3) is 4.03. The van der Waals surface area contributed by atoms with Crippen molar-refractivity contribution >= 4 is 53.6 Å². The van der Waals surface area contributed by atoms with Crippen LogP contribution in [0.2, 0.25) is 0 Å². The largest absolute Gasteiger partial charge is 0.456 e. The highest BCUT2D eigenvalue weighted by molar-refractivity contribution is 7.26. The fraction of sp³-hybridized carbons (Fsp3) is 0. The highest BCUT2D eigenvalue weighted by atomic mass is 32.1. The predicted octanol–water partition coefficient (Wildman–Crippen LogP) is 11.4. The second-order valence-corrected chi connectivity index (χ2v) is 12.0. The number of hydrogen-bond acceptors (Lipinski definition) is 4. The average Bonchev–Trinajstić information content (AvgIpc) is 3.67. The molecule has 9 aromatic rings. The lowest BCUT2D eigenvalue weighted by atomic mass is 10.0. The maximum Gasteiger partial charge on any atom is 0.161 e. The van der Waals surface area contributed by atoms with Crippen LogP contribution in [0.15, 0.2) is 150 Å². The van der Waals surface area contributed by atoms with Crippen molar-refractivity contribution in [3.63, 3.8) is 0 Å². The summed E-state index contributed by atoms with van der Waals surface area (Å²) in [7, 11) is 0. The van der Waals surface area contributed by atoms with Crippen LogP contribution < -0.4 is 0 Å². The van der Waals surface area contributed by atoms with Gasteiger partial charge in [-0.2, -0.15) is 0 Å². The number of hydrogen-bond donors (Lipinski definition) is 0. The van der Waals surface area contributed by atoms with Gasteiger partial charge >= 0.3 is 0 Å². The second kappa shape index (κ2) is 10.0. The maximum atomic E-state index is 6.44. The molecule has 206 valence electrons. The summed E-state index contributed by atoms with van der Waals surface area (Å²) in [6, 6.07) is 50.7. The van der Waals surface area contributed by atoms with Gasteiger partial charge < -0.3 is 4.42 Å². The molecule has 0 spiro atoms. The van der Waals surface area contributed by atoms with E-state index in [9.17, 15) is 0 Å². The van der Waals surface area contributed by atoms with Crippen molar-refractivity contribution in [3.05, 3.63) is 146 Å². The molecule has 0 aliphatic rings. The summed E-state index contributed by atoms with van der Waals surface area (Å²) in [6.45, 7) is 0. The van der Waals surface area contributed by atoms with Crippen molar-refractivity contribution in [2.75, 3.05) is 0 Å². The van der Waals surface area contributed by atoms with Gasteiger partial charge in [0.1, 0.15) is 11.2 Å². The Bertz CT molecular complexity index is 2480. The quantitative estimate of drug-likeness (QED) is 0.208. The zero-order valence-corrected chi connectivity index (χ0v) is 24.4. The molecule has 0 fully saturated rings. The number of aromatic nitrogens is 2. The summed E-state index contributed by atoms with van der Waals surface area (Å²) in [5.74, 6) is 0.698. The van der Waals surface area contributed by atoms with Gasteiger partial charge in [0.2, 0.25) is 0 Å². The molecule has 4 heteroatoms. The third-order valence-corrected chi connectivity index (χ3v) is 9.50. The van der Waals surface area contributed by atoms with Gasteiger partial charge in [-0.25, -0.2) is 9.97 Å². The molecule has 0 saturated carbocycles. The highest BCUT2D eigenvalue weighted by Gasteiger charge is 2.20. The van der Waals surface area contributed by atoms with Gasteiger partial charge in [-0.05, 0) is 46.5 Å². The predicted molar refractivity (Wildman–Crippen MR) is 184 cm³/mol. The summed E-state index contributed by atoms with van der Waals surface area (Å²) in [5.41, 5.74) is 10.3. The monoisotopic (exact) mass is 580 g/mol. The lowest BCUT2D eigenvalue weighted by molar-refractivity contribution is 0.669. The summed E-state index contributed by atoms with van der Waals surface area (Å²) in [4.78, 5) is 10.5. The SMILES string of the molecule is c1ccc(-c2ccc(-c3nc(-c4cccc5oc6cc(-c7ccccc7)ccc6c45)nc4c3sc3ccccc34)cc2)cc1. The minimum atomic E-state index is 0.698. The number of thiophene rings is 1. The summed E-state index contributed by atoms with van der Waals surface area (Å²) < 4.78 is 8.74. The first-order valence-corrected chi connectivity index (χ1v) is 15.5. The Morgan fingerprint density at radius 2 is 1.14 bits per heavy atom. The van der Waals surface area contributed by atoms with Crippen molar-refractivity contribution in [1.82, 2.24) is 9.97 Å². The van der Waals surface area contributed by atoms with Crippen LogP contribution in [0.1, 0.15) is 0 Å². The molecule has 0 atom stereocenters. The van der Waals surface area contributed by atoms with Crippen LogP contribution in [-0.4, -0.2) is 9.97 Å². The van der Waals surface area contributed by atoms with E-state index in [1.54, 1.807) is 11.3 Å². The number of benzene rings is 6. The first-order chi connectivity index (χ1) is 21.8. The molecule has 3 heterocycles. The molecule has 3 nitrogen and oxygen atoms in total. The molecule has 0 radical (unpaired) electrons. The van der Waals surface area contributed by atoms with Crippen molar-refractivity contribution in [2.24, 2.45) is 0 Å². The molecule has 0 amide bonds. The molecule has 0 bridgehead atoms. The van der Waals surface area contributed by atoms with Crippen LogP contribution in [0.25, 0.3) is 87.1 Å². The molecule has 0 N–H and O–H groups in total. The lowest BCUT2D eigenvalue weighted by Gasteiger charge is -2.09. The fourth-order valence-electron chi connectivity index (χ4n) is 6.18. The summed E-state index contributed by atoms with van der Waals surface area (Å²) in [5, 5.41) is 3.24. The topological polar surface area (TPSA) is 38.9 Å². The zero-order valence-electron chi connectivity index (χ0n) is 23.6. The highest BCUT2D eigenvalue weighted by Crippen LogP contribution is 2.42. The van der Waals surface area contributed by atoms with Gasteiger partial charge in [0, 0.05) is 32.0 Å². The standard InChI is InChI=1S/C40H24N2OS/c1-3-10-25(11-4-1)27-18-20-28(21-19-27)37-39-38(31-14-7-8-17-35(31)44-39)42-40(41-37)32-15-9-16-33-36(32)30-23-22-29(24-34(30)43-33)26-12-5-2-6-13-26/h1-24H. The van der Waals surface area contributed by atoms with Gasteiger partial charge in [-0.15, -0.1) is 11.3 Å². The Hall–Kier alpha value is -5.58.